The third-order valence-corrected chi connectivity index (χ3v) is 2.05. The van der Waals surface area contributed by atoms with Gasteiger partial charge in [0.15, 0.2) is 0 Å². The van der Waals surface area contributed by atoms with Crippen molar-refractivity contribution in [2.45, 2.75) is 20.0 Å². The van der Waals surface area contributed by atoms with Gasteiger partial charge in [-0.25, -0.2) is 0 Å². The zero-order valence-corrected chi connectivity index (χ0v) is 6.77. The van der Waals surface area contributed by atoms with Gasteiger partial charge in [0.05, 0.1) is 0 Å². The Morgan fingerprint density at radius 2 is 2.00 bits per heavy atom. The molecule has 0 spiro atoms. The van der Waals surface area contributed by atoms with Crippen molar-refractivity contribution in [1.29, 1.82) is 0 Å². The molecule has 1 heterocycles. The first-order valence-corrected chi connectivity index (χ1v) is 3.47. The molecule has 0 bridgehead atoms. The van der Waals surface area contributed by atoms with E-state index in [2.05, 4.69) is 11.9 Å². The Morgan fingerprint density at radius 1 is 1.45 bits per heavy atom. The van der Waals surface area contributed by atoms with Crippen LogP contribution in [0, 0.1) is 0 Å². The lowest BCUT2D eigenvalue weighted by molar-refractivity contribution is -0.118. The summed E-state index contributed by atoms with van der Waals surface area (Å²) in [6.07, 6.45) is -0.411. The van der Waals surface area contributed by atoms with Crippen LogP contribution >= 0.6 is 0 Å². The van der Waals surface area contributed by atoms with Crippen LogP contribution in [-0.4, -0.2) is 12.1 Å². The fourth-order valence-electron chi connectivity index (χ4n) is 0.981. The summed E-state index contributed by atoms with van der Waals surface area (Å²) in [6, 6.07) is 0. The summed E-state index contributed by atoms with van der Waals surface area (Å²) in [5.41, 5.74) is 7.96. The SMILES string of the molecule is C=C1C(C)=C(C)C(=O)NC1N. The number of amides is 1. The van der Waals surface area contributed by atoms with Crippen LogP contribution < -0.4 is 11.1 Å². The van der Waals surface area contributed by atoms with Crippen LogP contribution in [0.1, 0.15) is 13.8 Å². The highest BCUT2D eigenvalue weighted by Crippen LogP contribution is 2.18. The van der Waals surface area contributed by atoms with Crippen LogP contribution in [-0.2, 0) is 4.79 Å². The minimum absolute atomic E-state index is 0.0950. The van der Waals surface area contributed by atoms with Crippen LogP contribution in [0.4, 0.5) is 0 Å². The van der Waals surface area contributed by atoms with Crippen molar-refractivity contribution in [1.82, 2.24) is 5.32 Å². The highest BCUT2D eigenvalue weighted by atomic mass is 16.1. The maximum atomic E-state index is 11.1. The van der Waals surface area contributed by atoms with E-state index in [-0.39, 0.29) is 5.91 Å². The highest BCUT2D eigenvalue weighted by molar-refractivity contribution is 5.96. The number of hydrogen-bond acceptors (Lipinski definition) is 2. The Labute approximate surface area is 66.0 Å². The first-order chi connectivity index (χ1) is 5.04. The van der Waals surface area contributed by atoms with E-state index in [0.717, 1.165) is 11.1 Å². The van der Waals surface area contributed by atoms with Crippen molar-refractivity contribution < 1.29 is 4.79 Å². The van der Waals surface area contributed by atoms with Crippen molar-refractivity contribution in [2.75, 3.05) is 0 Å². The van der Waals surface area contributed by atoms with Crippen molar-refractivity contribution in [3.63, 3.8) is 0 Å². The molecule has 1 atom stereocenters. The second kappa shape index (κ2) is 2.51. The van der Waals surface area contributed by atoms with Crippen LogP contribution in [0.5, 0.6) is 0 Å². The van der Waals surface area contributed by atoms with Crippen molar-refractivity contribution in [3.05, 3.63) is 23.3 Å². The van der Waals surface area contributed by atoms with Crippen molar-refractivity contribution in [2.24, 2.45) is 5.73 Å². The van der Waals surface area contributed by atoms with E-state index in [1.807, 2.05) is 6.92 Å². The second-order valence-corrected chi connectivity index (χ2v) is 2.73. The quantitative estimate of drug-likeness (QED) is 0.524. The van der Waals surface area contributed by atoms with Gasteiger partial charge in [0, 0.05) is 5.57 Å². The Hall–Kier alpha value is -1.09. The lowest BCUT2D eigenvalue weighted by Crippen LogP contribution is -2.46. The number of nitrogens with one attached hydrogen (secondary N) is 1. The molecule has 1 aliphatic heterocycles. The van der Waals surface area contributed by atoms with Crippen LogP contribution in [0.25, 0.3) is 0 Å². The molecule has 0 saturated carbocycles. The molecule has 3 heteroatoms. The molecule has 0 radical (unpaired) electrons. The molecule has 1 aliphatic rings. The van der Waals surface area contributed by atoms with E-state index < -0.39 is 6.17 Å². The van der Waals surface area contributed by atoms with Gasteiger partial charge in [-0.15, -0.1) is 0 Å². The van der Waals surface area contributed by atoms with Gasteiger partial charge < -0.3 is 11.1 Å². The monoisotopic (exact) mass is 152 g/mol. The minimum Gasteiger partial charge on any atom is -0.333 e. The molecule has 0 aromatic heterocycles. The molecule has 3 nitrogen and oxygen atoms in total. The van der Waals surface area contributed by atoms with E-state index in [1.54, 1.807) is 6.92 Å². The first kappa shape index (κ1) is 8.01. The van der Waals surface area contributed by atoms with E-state index in [9.17, 15) is 4.79 Å². The molecular weight excluding hydrogens is 140 g/mol. The molecule has 1 unspecified atom stereocenters. The molecule has 0 aromatic rings. The van der Waals surface area contributed by atoms with Gasteiger partial charge in [0.1, 0.15) is 6.17 Å². The third-order valence-electron chi connectivity index (χ3n) is 2.05. The first-order valence-electron chi connectivity index (χ1n) is 3.47. The average Bonchev–Trinajstić information content (AvgIpc) is 1.97. The fourth-order valence-corrected chi connectivity index (χ4v) is 0.981. The van der Waals surface area contributed by atoms with Crippen molar-refractivity contribution in [3.8, 4) is 0 Å². The largest absolute Gasteiger partial charge is 0.333 e. The predicted octanol–water partition coefficient (Wildman–Crippen LogP) is 0.294. The lowest BCUT2D eigenvalue weighted by Gasteiger charge is -2.24. The number of nitrogens with two attached hydrogens (primary N) is 1. The van der Waals surface area contributed by atoms with Gasteiger partial charge in [-0.05, 0) is 25.0 Å². The maximum Gasteiger partial charge on any atom is 0.248 e. The number of carbonyl (C=O) groups is 1. The summed E-state index contributed by atoms with van der Waals surface area (Å²) < 4.78 is 0. The Kier molecular flexibility index (Phi) is 1.83. The molecule has 0 fully saturated rings. The summed E-state index contributed by atoms with van der Waals surface area (Å²) >= 11 is 0. The molecule has 1 rings (SSSR count). The predicted molar refractivity (Wildman–Crippen MR) is 43.6 cm³/mol. The lowest BCUT2D eigenvalue weighted by atomic mass is 9.97. The van der Waals surface area contributed by atoms with Gasteiger partial charge in [-0.3, -0.25) is 4.79 Å². The Morgan fingerprint density at radius 3 is 2.55 bits per heavy atom. The summed E-state index contributed by atoms with van der Waals surface area (Å²) in [7, 11) is 0. The van der Waals surface area contributed by atoms with Gasteiger partial charge >= 0.3 is 0 Å². The Bertz CT molecular complexity index is 253. The zero-order valence-electron chi connectivity index (χ0n) is 6.77. The molecular formula is C8H12N2O. The molecule has 0 aromatic carbocycles. The Balaban J connectivity index is 3.08. The topological polar surface area (TPSA) is 55.1 Å². The van der Waals surface area contributed by atoms with Crippen molar-refractivity contribution >= 4 is 5.91 Å². The summed E-state index contributed by atoms with van der Waals surface area (Å²) in [5.74, 6) is -0.0950. The molecule has 0 aliphatic carbocycles. The normalized spacial score (nSPS) is 25.5. The number of rotatable bonds is 0. The van der Waals surface area contributed by atoms with E-state index >= 15 is 0 Å². The summed E-state index contributed by atoms with van der Waals surface area (Å²) in [6.45, 7) is 7.39. The van der Waals surface area contributed by atoms with Crippen LogP contribution in [0.15, 0.2) is 23.3 Å². The van der Waals surface area contributed by atoms with Gasteiger partial charge in [-0.2, -0.15) is 0 Å². The summed E-state index contributed by atoms with van der Waals surface area (Å²) in [5, 5.41) is 2.59. The third kappa shape index (κ3) is 1.19. The highest BCUT2D eigenvalue weighted by Gasteiger charge is 2.21. The van der Waals surface area contributed by atoms with E-state index in [4.69, 9.17) is 5.73 Å². The standard InChI is InChI=1S/C8H12N2O/c1-4-5(2)7(9)10-8(11)6(4)3/h7H,2,9H2,1,3H3,(H,10,11). The van der Waals surface area contributed by atoms with E-state index in [1.165, 1.54) is 0 Å². The van der Waals surface area contributed by atoms with Crippen LogP contribution in [0.3, 0.4) is 0 Å². The average molecular weight is 152 g/mol. The molecule has 60 valence electrons. The molecule has 11 heavy (non-hydrogen) atoms. The molecule has 3 N–H and O–H groups in total. The van der Waals surface area contributed by atoms with Gasteiger partial charge in [-0.1, -0.05) is 6.58 Å². The maximum absolute atomic E-state index is 11.1. The number of hydrogen-bond donors (Lipinski definition) is 2. The minimum atomic E-state index is -0.411. The fraction of sp³-hybridized carbons (Fsp3) is 0.375. The van der Waals surface area contributed by atoms with Crippen LogP contribution in [0.2, 0.25) is 0 Å². The van der Waals surface area contributed by atoms with Gasteiger partial charge in [0.2, 0.25) is 5.91 Å². The summed E-state index contributed by atoms with van der Waals surface area (Å²) in [4.78, 5) is 11.1. The second-order valence-electron chi connectivity index (χ2n) is 2.73. The van der Waals surface area contributed by atoms with E-state index in [0.29, 0.717) is 5.57 Å². The van der Waals surface area contributed by atoms with Gasteiger partial charge in [0.25, 0.3) is 0 Å². The zero-order chi connectivity index (χ0) is 8.59. The molecule has 1 amide bonds. The molecule has 0 saturated heterocycles. The number of carbonyl (C=O) groups excluding carboxylic acids is 1. The smallest absolute Gasteiger partial charge is 0.248 e.